The predicted octanol–water partition coefficient (Wildman–Crippen LogP) is 5.89. The monoisotopic (exact) mass is 461 g/mol. The summed E-state index contributed by atoms with van der Waals surface area (Å²) in [5.74, 6) is 0.234. The van der Waals surface area contributed by atoms with E-state index in [1.54, 1.807) is 41.3 Å². The first-order chi connectivity index (χ1) is 15.0. The van der Waals surface area contributed by atoms with Crippen LogP contribution in [-0.4, -0.2) is 39.4 Å². The highest BCUT2D eigenvalue weighted by Gasteiger charge is 2.66. The molecule has 2 saturated heterocycles. The lowest BCUT2D eigenvalue weighted by Gasteiger charge is -2.42. The molecule has 1 amide bonds. The first kappa shape index (κ1) is 22.9. The lowest BCUT2D eigenvalue weighted by Crippen LogP contribution is -2.56. The molecule has 2 aliphatic heterocycles. The summed E-state index contributed by atoms with van der Waals surface area (Å²) in [5.41, 5.74) is -1.73. The van der Waals surface area contributed by atoms with Crippen molar-refractivity contribution < 1.29 is 23.8 Å². The van der Waals surface area contributed by atoms with Crippen molar-refractivity contribution in [1.82, 2.24) is 4.90 Å². The van der Waals surface area contributed by atoms with E-state index in [2.05, 4.69) is 0 Å². The molecule has 172 valence electrons. The molecule has 0 radical (unpaired) electrons. The number of amides is 1. The van der Waals surface area contributed by atoms with E-state index in [0.29, 0.717) is 42.0 Å². The first-order valence-electron chi connectivity index (χ1n) is 10.9. The van der Waals surface area contributed by atoms with E-state index >= 15 is 0 Å². The molecule has 2 heterocycles. The fourth-order valence-corrected chi connectivity index (χ4v) is 5.22. The van der Waals surface area contributed by atoms with Crippen molar-refractivity contribution in [2.45, 2.75) is 69.2 Å². The number of ether oxygens (including phenoxy) is 2. The van der Waals surface area contributed by atoms with Gasteiger partial charge in [0, 0.05) is 5.02 Å². The summed E-state index contributed by atoms with van der Waals surface area (Å²) in [4.78, 5) is 15.1. The lowest BCUT2D eigenvalue weighted by atomic mass is 9.77. The number of carbonyl (C=O) groups is 1. The second-order valence-electron chi connectivity index (χ2n) is 9.84. The van der Waals surface area contributed by atoms with Gasteiger partial charge in [-0.05, 0) is 88.4 Å². The second-order valence-corrected chi connectivity index (χ2v) is 10.3. The number of hydrogen-bond donors (Lipinski definition) is 1. The maximum atomic E-state index is 13.9. The number of nitrogens with zero attached hydrogens (tertiary/aromatic N) is 1. The van der Waals surface area contributed by atoms with Crippen LogP contribution in [0.4, 0.5) is 9.18 Å². The summed E-state index contributed by atoms with van der Waals surface area (Å²) in [6.07, 6.45) is 0.952. The molecular formula is C25H29ClFNO4. The van der Waals surface area contributed by atoms with Gasteiger partial charge in [0.1, 0.15) is 29.9 Å². The van der Waals surface area contributed by atoms with E-state index in [4.69, 9.17) is 21.1 Å². The largest absolute Gasteiger partial charge is 0.491 e. The van der Waals surface area contributed by atoms with Gasteiger partial charge >= 0.3 is 6.09 Å². The van der Waals surface area contributed by atoms with E-state index in [0.717, 1.165) is 0 Å². The number of halogens is 2. The van der Waals surface area contributed by atoms with E-state index < -0.39 is 34.7 Å². The highest BCUT2D eigenvalue weighted by atomic mass is 35.5. The van der Waals surface area contributed by atoms with Crippen LogP contribution >= 0.6 is 11.6 Å². The van der Waals surface area contributed by atoms with Crippen LogP contribution in [0.5, 0.6) is 5.75 Å². The molecule has 2 aromatic carbocycles. The Labute approximate surface area is 193 Å². The second kappa shape index (κ2) is 8.23. The topological polar surface area (TPSA) is 59.0 Å². The maximum Gasteiger partial charge on any atom is 0.411 e. The Bertz CT molecular complexity index is 980. The Morgan fingerprint density at radius 2 is 1.81 bits per heavy atom. The Hall–Kier alpha value is -2.31. The molecule has 2 aromatic rings. The van der Waals surface area contributed by atoms with Crippen LogP contribution in [0.15, 0.2) is 48.5 Å². The minimum absolute atomic E-state index is 0.269. The van der Waals surface area contributed by atoms with Crippen molar-refractivity contribution in [3.8, 4) is 5.75 Å². The van der Waals surface area contributed by atoms with Crippen LogP contribution < -0.4 is 4.74 Å². The van der Waals surface area contributed by atoms with Crippen LogP contribution in [0.2, 0.25) is 5.02 Å². The zero-order valence-corrected chi connectivity index (χ0v) is 19.4. The standard InChI is InChI=1S/C25H29ClFNO4/c1-23(2,3)32-22(30)28-24(16-31-20-9-7-18(26)8-10-20)11-13-25(28,14-12-24)21(29)17-5-4-6-19(27)15-17/h4-10,15,21,29H,11-14,16H2,1-3H3/t21-,24?,25?/m0/s1. The van der Waals surface area contributed by atoms with Crippen molar-refractivity contribution in [1.29, 1.82) is 0 Å². The van der Waals surface area contributed by atoms with Gasteiger partial charge in [-0.15, -0.1) is 0 Å². The number of hydrogen-bond acceptors (Lipinski definition) is 4. The molecule has 2 aliphatic rings. The number of benzene rings is 2. The Morgan fingerprint density at radius 1 is 1.16 bits per heavy atom. The highest BCUT2D eigenvalue weighted by molar-refractivity contribution is 6.30. The van der Waals surface area contributed by atoms with Crippen molar-refractivity contribution >= 4 is 17.7 Å². The van der Waals surface area contributed by atoms with Gasteiger partial charge < -0.3 is 14.6 Å². The SMILES string of the molecule is CC(C)(C)OC(=O)N1C2(COc3ccc(Cl)cc3)CCC1([C@@H](O)c1cccc(F)c1)CC2. The molecule has 4 rings (SSSR count). The molecule has 0 unspecified atom stereocenters. The summed E-state index contributed by atoms with van der Waals surface area (Å²) in [6.45, 7) is 5.71. The molecule has 2 fully saturated rings. The third-order valence-electron chi connectivity index (χ3n) is 6.54. The van der Waals surface area contributed by atoms with Crippen molar-refractivity contribution in [2.24, 2.45) is 0 Å². The maximum absolute atomic E-state index is 13.9. The smallest absolute Gasteiger partial charge is 0.411 e. The average Bonchev–Trinajstić information content (AvgIpc) is 3.24. The average molecular weight is 462 g/mol. The van der Waals surface area contributed by atoms with Gasteiger partial charge in [-0.2, -0.15) is 0 Å². The summed E-state index contributed by atoms with van der Waals surface area (Å²) in [5, 5.41) is 12.0. The third-order valence-corrected chi connectivity index (χ3v) is 6.79. The van der Waals surface area contributed by atoms with Crippen LogP contribution in [-0.2, 0) is 4.74 Å². The Kier molecular flexibility index (Phi) is 5.88. The number of rotatable bonds is 5. The van der Waals surface area contributed by atoms with Crippen molar-refractivity contribution in [3.63, 3.8) is 0 Å². The molecule has 5 nitrogen and oxygen atoms in total. The number of fused-ring (bicyclic) bond motifs is 2. The fraction of sp³-hybridized carbons (Fsp3) is 0.480. The summed E-state index contributed by atoms with van der Waals surface area (Å²) in [7, 11) is 0. The van der Waals surface area contributed by atoms with Gasteiger partial charge in [0.25, 0.3) is 0 Å². The molecule has 2 bridgehead atoms. The summed E-state index contributed by atoms with van der Waals surface area (Å²) >= 11 is 5.97. The molecular weight excluding hydrogens is 433 g/mol. The molecule has 7 heteroatoms. The van der Waals surface area contributed by atoms with Crippen LogP contribution in [0.25, 0.3) is 0 Å². The molecule has 1 N–H and O–H groups in total. The minimum atomic E-state index is -1.04. The third kappa shape index (κ3) is 4.18. The molecule has 1 atom stereocenters. The van der Waals surface area contributed by atoms with Gasteiger partial charge in [0.05, 0.1) is 11.1 Å². The van der Waals surface area contributed by atoms with Crippen LogP contribution in [0.1, 0.15) is 58.1 Å². The number of carbonyl (C=O) groups excluding carboxylic acids is 1. The highest BCUT2D eigenvalue weighted by Crippen LogP contribution is 2.58. The summed E-state index contributed by atoms with van der Waals surface area (Å²) < 4.78 is 25.7. The lowest BCUT2D eigenvalue weighted by molar-refractivity contribution is -0.0441. The van der Waals surface area contributed by atoms with Gasteiger partial charge in [0.2, 0.25) is 0 Å². The number of aliphatic hydroxyl groups excluding tert-OH is 1. The van der Waals surface area contributed by atoms with E-state index in [9.17, 15) is 14.3 Å². The van der Waals surface area contributed by atoms with Gasteiger partial charge in [-0.25, -0.2) is 9.18 Å². The van der Waals surface area contributed by atoms with Crippen LogP contribution in [0.3, 0.4) is 0 Å². The molecule has 0 spiro atoms. The number of aliphatic hydroxyl groups is 1. The molecule has 32 heavy (non-hydrogen) atoms. The quantitative estimate of drug-likeness (QED) is 0.602. The summed E-state index contributed by atoms with van der Waals surface area (Å²) in [6, 6.07) is 13.0. The van der Waals surface area contributed by atoms with Crippen molar-refractivity contribution in [3.05, 3.63) is 64.9 Å². The Balaban J connectivity index is 1.66. The van der Waals surface area contributed by atoms with E-state index in [-0.39, 0.29) is 6.61 Å². The van der Waals surface area contributed by atoms with E-state index in [1.165, 1.54) is 12.1 Å². The fourth-order valence-electron chi connectivity index (χ4n) is 5.09. The molecule has 0 aliphatic carbocycles. The zero-order valence-electron chi connectivity index (χ0n) is 18.6. The minimum Gasteiger partial charge on any atom is -0.491 e. The first-order valence-corrected chi connectivity index (χ1v) is 11.3. The molecule has 0 saturated carbocycles. The van der Waals surface area contributed by atoms with Crippen molar-refractivity contribution in [2.75, 3.05) is 6.61 Å². The normalized spacial score (nSPS) is 25.6. The Morgan fingerprint density at radius 3 is 2.41 bits per heavy atom. The van der Waals surface area contributed by atoms with E-state index in [1.807, 2.05) is 20.8 Å². The van der Waals surface area contributed by atoms with Gasteiger partial charge in [-0.1, -0.05) is 23.7 Å². The van der Waals surface area contributed by atoms with Gasteiger partial charge in [-0.3, -0.25) is 4.90 Å². The predicted molar refractivity (Wildman–Crippen MR) is 120 cm³/mol. The molecule has 0 aromatic heterocycles. The van der Waals surface area contributed by atoms with Crippen LogP contribution in [0, 0.1) is 5.82 Å². The zero-order chi connectivity index (χ0) is 23.1. The van der Waals surface area contributed by atoms with Gasteiger partial charge in [0.15, 0.2) is 0 Å².